The Morgan fingerprint density at radius 3 is 1.51 bits per heavy atom. The summed E-state index contributed by atoms with van der Waals surface area (Å²) in [5.74, 6) is 0. The minimum atomic E-state index is 0.907. The third kappa shape index (κ3) is 6.38. The largest absolute Gasteiger partial charge is 0.456 e. The highest BCUT2D eigenvalue weighted by Gasteiger charge is 2.20. The van der Waals surface area contributed by atoms with Crippen LogP contribution >= 0.6 is 0 Å². The molecule has 0 atom stereocenters. The van der Waals surface area contributed by atoms with Crippen molar-refractivity contribution >= 4 is 60.8 Å². The van der Waals surface area contributed by atoms with E-state index in [0.717, 1.165) is 72.5 Å². The number of fused-ring (bicyclic) bond motifs is 6. The molecular formula is C60H40N2O. The van der Waals surface area contributed by atoms with Gasteiger partial charge in [-0.15, -0.1) is 0 Å². The van der Waals surface area contributed by atoms with Gasteiger partial charge in [-0.05, 0) is 99.6 Å². The molecule has 3 heteroatoms. The van der Waals surface area contributed by atoms with Crippen molar-refractivity contribution in [3.05, 3.63) is 243 Å². The number of benzene rings is 10. The summed E-state index contributed by atoms with van der Waals surface area (Å²) in [6.45, 7) is 0. The van der Waals surface area contributed by atoms with E-state index in [1.165, 1.54) is 38.5 Å². The van der Waals surface area contributed by atoms with Crippen molar-refractivity contribution in [3.63, 3.8) is 0 Å². The first kappa shape index (κ1) is 36.5. The molecule has 0 aliphatic heterocycles. The average molecular weight is 805 g/mol. The van der Waals surface area contributed by atoms with Gasteiger partial charge < -0.3 is 13.9 Å². The van der Waals surface area contributed by atoms with Crippen molar-refractivity contribution in [2.45, 2.75) is 0 Å². The maximum Gasteiger partial charge on any atom is 0.136 e. The third-order valence-corrected chi connectivity index (χ3v) is 12.4. The molecule has 12 rings (SSSR count). The quantitative estimate of drug-likeness (QED) is 0.153. The zero-order valence-corrected chi connectivity index (χ0v) is 34.4. The normalized spacial score (nSPS) is 11.5. The minimum Gasteiger partial charge on any atom is -0.456 e. The monoisotopic (exact) mass is 804 g/mol. The SMILES string of the molecule is c1ccc(-c2ccc(-c3ccccc3N(c3ccc(-c4ccc(-c5cccc6oc7ccccc7c56)cc4)cc3)c3cccc(-n4c5ccccc5c5ccccc54)c3)cc2)cc1. The maximum absolute atomic E-state index is 6.21. The van der Waals surface area contributed by atoms with Crippen LogP contribution in [-0.4, -0.2) is 4.57 Å². The van der Waals surface area contributed by atoms with Crippen LogP contribution in [0.5, 0.6) is 0 Å². The van der Waals surface area contributed by atoms with Gasteiger partial charge in [0.25, 0.3) is 0 Å². The summed E-state index contributed by atoms with van der Waals surface area (Å²) in [6.07, 6.45) is 0. The van der Waals surface area contributed by atoms with E-state index in [1.807, 2.05) is 12.1 Å². The standard InChI is InChI=1S/C60H40N2O/c1-2-14-41(15-3-1)42-28-32-45(33-29-42)50-18-4-8-23-55(50)61(48-16-12-17-49(40-48)62-56-24-9-5-19-52(56)53-20-6-10-25-57(53)62)47-38-36-44(37-39-47)43-30-34-46(35-31-43)51-22-13-27-59-60(51)54-21-7-11-26-58(54)63-59/h1-40H. The Kier molecular flexibility index (Phi) is 8.83. The molecule has 0 radical (unpaired) electrons. The molecule has 296 valence electrons. The minimum absolute atomic E-state index is 0.907. The van der Waals surface area contributed by atoms with Gasteiger partial charge in [0.1, 0.15) is 11.2 Å². The fourth-order valence-corrected chi connectivity index (χ4v) is 9.45. The van der Waals surface area contributed by atoms with Gasteiger partial charge in [0.2, 0.25) is 0 Å². The summed E-state index contributed by atoms with van der Waals surface area (Å²) in [4.78, 5) is 2.40. The van der Waals surface area contributed by atoms with Crippen molar-refractivity contribution in [1.82, 2.24) is 4.57 Å². The molecule has 12 aromatic rings. The number of para-hydroxylation sites is 4. The molecule has 0 unspecified atom stereocenters. The molecule has 0 saturated carbocycles. The summed E-state index contributed by atoms with van der Waals surface area (Å²) in [5.41, 5.74) is 17.9. The van der Waals surface area contributed by atoms with E-state index in [9.17, 15) is 0 Å². The van der Waals surface area contributed by atoms with Crippen LogP contribution in [0.1, 0.15) is 0 Å². The Hall–Kier alpha value is -8.40. The molecule has 2 aromatic heterocycles. The number of hydrogen-bond acceptors (Lipinski definition) is 2. The topological polar surface area (TPSA) is 21.3 Å². The van der Waals surface area contributed by atoms with E-state index in [1.54, 1.807) is 0 Å². The van der Waals surface area contributed by atoms with E-state index in [4.69, 9.17) is 4.42 Å². The van der Waals surface area contributed by atoms with Gasteiger partial charge >= 0.3 is 0 Å². The average Bonchev–Trinajstić information content (AvgIpc) is 3.91. The van der Waals surface area contributed by atoms with Gasteiger partial charge in [-0.25, -0.2) is 0 Å². The van der Waals surface area contributed by atoms with Crippen LogP contribution in [0.4, 0.5) is 17.1 Å². The lowest BCUT2D eigenvalue weighted by Gasteiger charge is -2.28. The van der Waals surface area contributed by atoms with Gasteiger partial charge in [-0.1, -0.05) is 182 Å². The Morgan fingerprint density at radius 1 is 0.317 bits per heavy atom. The molecule has 10 aromatic carbocycles. The highest BCUT2D eigenvalue weighted by Crippen LogP contribution is 2.43. The molecule has 63 heavy (non-hydrogen) atoms. The molecule has 0 aliphatic carbocycles. The molecule has 2 heterocycles. The lowest BCUT2D eigenvalue weighted by Crippen LogP contribution is -2.11. The molecule has 0 aliphatic rings. The number of nitrogens with zero attached hydrogens (tertiary/aromatic N) is 2. The number of aromatic nitrogens is 1. The van der Waals surface area contributed by atoms with E-state index in [2.05, 4.69) is 240 Å². The van der Waals surface area contributed by atoms with Gasteiger partial charge in [-0.2, -0.15) is 0 Å². The van der Waals surface area contributed by atoms with E-state index >= 15 is 0 Å². The fourth-order valence-electron chi connectivity index (χ4n) is 9.45. The molecule has 0 bridgehead atoms. The van der Waals surface area contributed by atoms with Crippen molar-refractivity contribution in [1.29, 1.82) is 0 Å². The molecule has 0 saturated heterocycles. The highest BCUT2D eigenvalue weighted by atomic mass is 16.3. The smallest absolute Gasteiger partial charge is 0.136 e. The van der Waals surface area contributed by atoms with Gasteiger partial charge in [-0.3, -0.25) is 0 Å². The van der Waals surface area contributed by atoms with Gasteiger partial charge in [0.15, 0.2) is 0 Å². The fraction of sp³-hybridized carbons (Fsp3) is 0. The second kappa shape index (κ2) is 15.3. The third-order valence-electron chi connectivity index (χ3n) is 12.4. The summed E-state index contributed by atoms with van der Waals surface area (Å²) >= 11 is 0. The van der Waals surface area contributed by atoms with Crippen LogP contribution < -0.4 is 4.90 Å². The van der Waals surface area contributed by atoms with Crippen molar-refractivity contribution in [2.75, 3.05) is 4.90 Å². The lowest BCUT2D eigenvalue weighted by atomic mass is 9.96. The number of furan rings is 1. The zero-order valence-electron chi connectivity index (χ0n) is 34.4. The van der Waals surface area contributed by atoms with E-state index in [-0.39, 0.29) is 0 Å². The Balaban J connectivity index is 0.959. The Morgan fingerprint density at radius 2 is 0.810 bits per heavy atom. The van der Waals surface area contributed by atoms with Crippen LogP contribution in [-0.2, 0) is 0 Å². The Bertz CT molecular complexity index is 3550. The van der Waals surface area contributed by atoms with Crippen LogP contribution in [0.3, 0.4) is 0 Å². The predicted molar refractivity (Wildman–Crippen MR) is 264 cm³/mol. The van der Waals surface area contributed by atoms with Gasteiger partial charge in [0.05, 0.1) is 16.7 Å². The van der Waals surface area contributed by atoms with Crippen molar-refractivity contribution in [3.8, 4) is 50.2 Å². The summed E-state index contributed by atoms with van der Waals surface area (Å²) < 4.78 is 8.60. The zero-order chi connectivity index (χ0) is 41.7. The van der Waals surface area contributed by atoms with E-state index in [0.29, 0.717) is 0 Å². The maximum atomic E-state index is 6.21. The summed E-state index contributed by atoms with van der Waals surface area (Å²) in [6, 6.07) is 87.1. The summed E-state index contributed by atoms with van der Waals surface area (Å²) in [5, 5.41) is 4.78. The number of rotatable bonds is 8. The van der Waals surface area contributed by atoms with Crippen LogP contribution in [0.15, 0.2) is 247 Å². The van der Waals surface area contributed by atoms with Crippen LogP contribution in [0.2, 0.25) is 0 Å². The first-order chi connectivity index (χ1) is 31.2. The molecule has 0 fully saturated rings. The number of anilines is 3. The second-order valence-electron chi connectivity index (χ2n) is 16.1. The number of hydrogen-bond donors (Lipinski definition) is 0. The molecule has 0 amide bonds. The summed E-state index contributed by atoms with van der Waals surface area (Å²) in [7, 11) is 0. The van der Waals surface area contributed by atoms with Crippen LogP contribution in [0.25, 0.3) is 93.9 Å². The second-order valence-corrected chi connectivity index (χ2v) is 16.1. The van der Waals surface area contributed by atoms with Crippen molar-refractivity contribution < 1.29 is 4.42 Å². The van der Waals surface area contributed by atoms with Crippen LogP contribution in [0, 0.1) is 0 Å². The van der Waals surface area contributed by atoms with Gasteiger partial charge in [0, 0.05) is 44.2 Å². The first-order valence-corrected chi connectivity index (χ1v) is 21.5. The van der Waals surface area contributed by atoms with Crippen molar-refractivity contribution in [2.24, 2.45) is 0 Å². The molecular weight excluding hydrogens is 765 g/mol. The molecule has 0 N–H and O–H groups in total. The Labute approximate surface area is 366 Å². The molecule has 3 nitrogen and oxygen atoms in total. The predicted octanol–water partition coefficient (Wildman–Crippen LogP) is 16.8. The molecule has 0 spiro atoms. The highest BCUT2D eigenvalue weighted by molar-refractivity contribution is 6.12. The first-order valence-electron chi connectivity index (χ1n) is 21.5. The van der Waals surface area contributed by atoms with E-state index < -0.39 is 0 Å². The lowest BCUT2D eigenvalue weighted by molar-refractivity contribution is 0.669.